The van der Waals surface area contributed by atoms with E-state index in [2.05, 4.69) is 21.4 Å². The van der Waals surface area contributed by atoms with Gasteiger partial charge in [0.25, 0.3) is 0 Å². The normalized spacial score (nSPS) is 19.6. The fraction of sp³-hybridized carbons (Fsp3) is 0.565. The molecule has 1 atom stereocenters. The van der Waals surface area contributed by atoms with Gasteiger partial charge in [-0.3, -0.25) is 4.79 Å². The Morgan fingerprint density at radius 3 is 2.68 bits per heavy atom. The summed E-state index contributed by atoms with van der Waals surface area (Å²) < 4.78 is 7.61. The van der Waals surface area contributed by atoms with Crippen molar-refractivity contribution < 1.29 is 9.53 Å². The number of aryl methyl sites for hydroxylation is 2. The first-order valence-electron chi connectivity index (χ1n) is 10.6. The van der Waals surface area contributed by atoms with Gasteiger partial charge in [0.05, 0.1) is 7.11 Å². The summed E-state index contributed by atoms with van der Waals surface area (Å²) in [6.07, 6.45) is 8.36. The van der Waals surface area contributed by atoms with Crippen molar-refractivity contribution in [3.63, 3.8) is 0 Å². The second-order valence-electron chi connectivity index (χ2n) is 8.34. The Morgan fingerprint density at radius 2 is 2.00 bits per heavy atom. The summed E-state index contributed by atoms with van der Waals surface area (Å²) in [7, 11) is 1.67. The van der Waals surface area contributed by atoms with E-state index in [-0.39, 0.29) is 5.91 Å². The van der Waals surface area contributed by atoms with Crippen molar-refractivity contribution in [3.05, 3.63) is 47.5 Å². The van der Waals surface area contributed by atoms with Gasteiger partial charge in [0.1, 0.15) is 11.6 Å². The van der Waals surface area contributed by atoms with E-state index < -0.39 is 0 Å². The number of amides is 1. The Balaban J connectivity index is 1.29. The van der Waals surface area contributed by atoms with Gasteiger partial charge >= 0.3 is 0 Å². The van der Waals surface area contributed by atoms with E-state index in [0.29, 0.717) is 18.3 Å². The highest BCUT2D eigenvalue weighted by molar-refractivity contribution is 5.76. The van der Waals surface area contributed by atoms with Crippen LogP contribution in [0.5, 0.6) is 5.75 Å². The van der Waals surface area contributed by atoms with Crippen LogP contribution in [0.1, 0.15) is 55.1 Å². The van der Waals surface area contributed by atoms with Gasteiger partial charge < -0.3 is 14.2 Å². The molecule has 0 radical (unpaired) electrons. The fourth-order valence-electron chi connectivity index (χ4n) is 4.38. The number of hydrogen-bond acceptors (Lipinski definition) is 3. The van der Waals surface area contributed by atoms with Crippen LogP contribution in [0.15, 0.2) is 30.5 Å². The van der Waals surface area contributed by atoms with Crippen LogP contribution in [0.3, 0.4) is 0 Å². The molecule has 5 nitrogen and oxygen atoms in total. The molecule has 150 valence electrons. The van der Waals surface area contributed by atoms with Crippen LogP contribution in [0, 0.1) is 12.8 Å². The SMILES string of the molecule is COc1ccc(CCC(=O)N2CCC(Cn3c(C)cnc3C3CCC3)C2)cc1. The molecule has 1 aromatic carbocycles. The third kappa shape index (κ3) is 4.08. The number of likely N-dealkylation sites (tertiary alicyclic amines) is 1. The van der Waals surface area contributed by atoms with Crippen molar-refractivity contribution in [1.29, 1.82) is 0 Å². The van der Waals surface area contributed by atoms with Crippen LogP contribution in [-0.2, 0) is 17.8 Å². The lowest BCUT2D eigenvalue weighted by molar-refractivity contribution is -0.130. The van der Waals surface area contributed by atoms with Crippen LogP contribution in [-0.4, -0.2) is 40.6 Å². The second-order valence-corrected chi connectivity index (χ2v) is 8.34. The average molecular weight is 382 g/mol. The molecule has 1 aromatic heterocycles. The van der Waals surface area contributed by atoms with Crippen molar-refractivity contribution >= 4 is 5.91 Å². The van der Waals surface area contributed by atoms with Gasteiger partial charge in [-0.15, -0.1) is 0 Å². The molecule has 1 saturated heterocycles. The number of ether oxygens (including phenoxy) is 1. The largest absolute Gasteiger partial charge is 0.497 e. The first-order valence-corrected chi connectivity index (χ1v) is 10.6. The van der Waals surface area contributed by atoms with E-state index in [1.807, 2.05) is 30.5 Å². The molecule has 0 N–H and O–H groups in total. The summed E-state index contributed by atoms with van der Waals surface area (Å²) in [4.78, 5) is 19.4. The summed E-state index contributed by atoms with van der Waals surface area (Å²) in [5.74, 6) is 3.59. The molecule has 1 aliphatic heterocycles. The molecule has 2 fully saturated rings. The van der Waals surface area contributed by atoms with Crippen molar-refractivity contribution in [2.45, 2.75) is 57.9 Å². The minimum Gasteiger partial charge on any atom is -0.497 e. The quantitative estimate of drug-likeness (QED) is 0.730. The Labute approximate surface area is 167 Å². The van der Waals surface area contributed by atoms with Crippen molar-refractivity contribution in [2.75, 3.05) is 20.2 Å². The lowest BCUT2D eigenvalue weighted by atomic mass is 9.84. The Bertz CT molecular complexity index is 808. The zero-order valence-electron chi connectivity index (χ0n) is 17.1. The minimum absolute atomic E-state index is 0.278. The van der Waals surface area contributed by atoms with E-state index in [9.17, 15) is 4.79 Å². The van der Waals surface area contributed by atoms with Crippen LogP contribution < -0.4 is 4.74 Å². The molecule has 1 amide bonds. The summed E-state index contributed by atoms with van der Waals surface area (Å²) in [6.45, 7) is 4.92. The molecule has 4 rings (SSSR count). The summed E-state index contributed by atoms with van der Waals surface area (Å²) in [5.41, 5.74) is 2.44. The number of benzene rings is 1. The Hall–Kier alpha value is -2.30. The number of hydrogen-bond donors (Lipinski definition) is 0. The monoisotopic (exact) mass is 381 g/mol. The second kappa shape index (κ2) is 8.38. The average Bonchev–Trinajstić information content (AvgIpc) is 3.28. The van der Waals surface area contributed by atoms with Gasteiger partial charge in [0.2, 0.25) is 5.91 Å². The predicted molar refractivity (Wildman–Crippen MR) is 110 cm³/mol. The first-order chi connectivity index (χ1) is 13.6. The molecule has 2 aromatic rings. The molecule has 0 bridgehead atoms. The van der Waals surface area contributed by atoms with Crippen LogP contribution in [0.25, 0.3) is 0 Å². The summed E-state index contributed by atoms with van der Waals surface area (Å²) >= 11 is 0. The maximum absolute atomic E-state index is 12.7. The lowest BCUT2D eigenvalue weighted by Gasteiger charge is -2.27. The molecule has 1 saturated carbocycles. The van der Waals surface area contributed by atoms with Crippen molar-refractivity contribution in [3.8, 4) is 5.75 Å². The van der Waals surface area contributed by atoms with Crippen molar-refractivity contribution in [1.82, 2.24) is 14.5 Å². The Morgan fingerprint density at radius 1 is 1.21 bits per heavy atom. The Kier molecular flexibility index (Phi) is 5.69. The molecule has 2 heterocycles. The number of rotatable bonds is 7. The topological polar surface area (TPSA) is 47.4 Å². The zero-order valence-corrected chi connectivity index (χ0v) is 17.1. The van der Waals surface area contributed by atoms with Gasteiger partial charge in [0, 0.05) is 43.9 Å². The van der Waals surface area contributed by atoms with E-state index in [4.69, 9.17) is 4.74 Å². The maximum Gasteiger partial charge on any atom is 0.222 e. The molecule has 28 heavy (non-hydrogen) atoms. The van der Waals surface area contributed by atoms with Crippen LogP contribution in [0.2, 0.25) is 0 Å². The van der Waals surface area contributed by atoms with Crippen LogP contribution >= 0.6 is 0 Å². The van der Waals surface area contributed by atoms with E-state index in [0.717, 1.165) is 38.2 Å². The first kappa shape index (κ1) is 19.0. The third-order valence-corrected chi connectivity index (χ3v) is 6.42. The summed E-state index contributed by atoms with van der Waals surface area (Å²) in [5, 5.41) is 0. The molecule has 0 spiro atoms. The predicted octanol–water partition coefficient (Wildman–Crippen LogP) is 3.95. The number of aromatic nitrogens is 2. The van der Waals surface area contributed by atoms with Crippen molar-refractivity contribution in [2.24, 2.45) is 5.92 Å². The molecule has 1 aliphatic carbocycles. The number of nitrogens with zero attached hydrogens (tertiary/aromatic N) is 3. The van der Waals surface area contributed by atoms with E-state index in [1.165, 1.54) is 36.3 Å². The zero-order chi connectivity index (χ0) is 19.5. The van der Waals surface area contributed by atoms with Gasteiger partial charge in [-0.1, -0.05) is 18.6 Å². The van der Waals surface area contributed by atoms with Crippen LogP contribution in [0.4, 0.5) is 0 Å². The maximum atomic E-state index is 12.7. The van der Waals surface area contributed by atoms with Gasteiger partial charge in [0.15, 0.2) is 0 Å². The van der Waals surface area contributed by atoms with E-state index in [1.54, 1.807) is 7.11 Å². The minimum atomic E-state index is 0.278. The fourth-order valence-corrected chi connectivity index (χ4v) is 4.38. The van der Waals surface area contributed by atoms with Gasteiger partial charge in [-0.2, -0.15) is 0 Å². The highest BCUT2D eigenvalue weighted by Crippen LogP contribution is 2.36. The lowest BCUT2D eigenvalue weighted by Crippen LogP contribution is -2.29. The number of carbonyl (C=O) groups is 1. The standard InChI is InChI=1S/C23H31N3O2/c1-17-14-24-23(20-4-3-5-20)26(17)16-19-12-13-25(15-19)22(27)11-8-18-6-9-21(28-2)10-7-18/h6-7,9-10,14,19-20H,3-5,8,11-13,15-16H2,1-2H3. The molecule has 1 unspecified atom stereocenters. The van der Waals surface area contributed by atoms with Gasteiger partial charge in [-0.25, -0.2) is 4.98 Å². The van der Waals surface area contributed by atoms with Gasteiger partial charge in [-0.05, 0) is 56.2 Å². The van der Waals surface area contributed by atoms with E-state index >= 15 is 0 Å². The highest BCUT2D eigenvalue weighted by Gasteiger charge is 2.29. The smallest absolute Gasteiger partial charge is 0.222 e. The molecule has 2 aliphatic rings. The molecule has 5 heteroatoms. The number of imidazole rings is 1. The number of carbonyl (C=O) groups excluding carboxylic acids is 1. The molecular weight excluding hydrogens is 350 g/mol. The summed E-state index contributed by atoms with van der Waals surface area (Å²) in [6, 6.07) is 8.00. The number of methoxy groups -OCH3 is 1. The molecular formula is C23H31N3O2. The third-order valence-electron chi connectivity index (χ3n) is 6.42. The highest BCUT2D eigenvalue weighted by atomic mass is 16.5.